The maximum atomic E-state index is 11.1. The summed E-state index contributed by atoms with van der Waals surface area (Å²) in [5, 5.41) is 3.53. The molecule has 2 rings (SSSR count). The maximum absolute atomic E-state index is 11.1. The zero-order valence-corrected chi connectivity index (χ0v) is 10.3. The quantitative estimate of drug-likeness (QED) is 0.838. The summed E-state index contributed by atoms with van der Waals surface area (Å²) in [6, 6.07) is 8.01. The standard InChI is InChI=1S/C14H20N2O/c1-2-10-5-4-8-13(10)16-12-7-3-6-11(9-12)14(15)17/h3,6-7,9-10,13,16H,2,4-5,8H2,1H3,(H2,15,17). The topological polar surface area (TPSA) is 55.1 Å². The van der Waals surface area contributed by atoms with Crippen molar-refractivity contribution in [2.75, 3.05) is 5.32 Å². The van der Waals surface area contributed by atoms with Crippen LogP contribution in [-0.2, 0) is 0 Å². The Bertz CT molecular complexity index is 403. The van der Waals surface area contributed by atoms with Gasteiger partial charge in [0.25, 0.3) is 0 Å². The lowest BCUT2D eigenvalue weighted by atomic mass is 10.0. The minimum absolute atomic E-state index is 0.368. The molecular formula is C14H20N2O. The Morgan fingerprint density at radius 1 is 1.47 bits per heavy atom. The molecule has 17 heavy (non-hydrogen) atoms. The van der Waals surface area contributed by atoms with Gasteiger partial charge in [-0.15, -0.1) is 0 Å². The fourth-order valence-electron chi connectivity index (χ4n) is 2.69. The van der Waals surface area contributed by atoms with Crippen LogP contribution in [0.25, 0.3) is 0 Å². The summed E-state index contributed by atoms with van der Waals surface area (Å²) < 4.78 is 0. The highest BCUT2D eigenvalue weighted by Crippen LogP contribution is 2.30. The first-order valence-corrected chi connectivity index (χ1v) is 6.37. The number of anilines is 1. The second-order valence-corrected chi connectivity index (χ2v) is 4.80. The van der Waals surface area contributed by atoms with Gasteiger partial charge in [-0.25, -0.2) is 0 Å². The van der Waals surface area contributed by atoms with Crippen molar-refractivity contribution in [1.29, 1.82) is 0 Å². The summed E-state index contributed by atoms with van der Waals surface area (Å²) in [7, 11) is 0. The first-order valence-electron chi connectivity index (χ1n) is 6.37. The van der Waals surface area contributed by atoms with E-state index in [2.05, 4.69) is 12.2 Å². The van der Waals surface area contributed by atoms with Crippen LogP contribution in [0.15, 0.2) is 24.3 Å². The molecule has 1 saturated carbocycles. The number of carbonyl (C=O) groups excluding carboxylic acids is 1. The lowest BCUT2D eigenvalue weighted by Gasteiger charge is -2.21. The van der Waals surface area contributed by atoms with Crippen LogP contribution in [0, 0.1) is 5.92 Å². The van der Waals surface area contributed by atoms with Crippen molar-refractivity contribution in [3.8, 4) is 0 Å². The van der Waals surface area contributed by atoms with E-state index in [1.165, 1.54) is 25.7 Å². The van der Waals surface area contributed by atoms with E-state index in [1.54, 1.807) is 6.07 Å². The average Bonchev–Trinajstić information content (AvgIpc) is 2.76. The number of nitrogens with two attached hydrogens (primary N) is 1. The van der Waals surface area contributed by atoms with Gasteiger partial charge in [-0.1, -0.05) is 25.8 Å². The van der Waals surface area contributed by atoms with Crippen molar-refractivity contribution in [1.82, 2.24) is 0 Å². The first-order chi connectivity index (χ1) is 8.20. The Hall–Kier alpha value is -1.51. The molecule has 0 bridgehead atoms. The van der Waals surface area contributed by atoms with Crippen molar-refractivity contribution in [3.05, 3.63) is 29.8 Å². The van der Waals surface area contributed by atoms with Gasteiger partial charge < -0.3 is 11.1 Å². The summed E-state index contributed by atoms with van der Waals surface area (Å²) >= 11 is 0. The minimum atomic E-state index is -0.368. The third-order valence-corrected chi connectivity index (χ3v) is 3.68. The number of primary amides is 1. The third-order valence-electron chi connectivity index (χ3n) is 3.68. The van der Waals surface area contributed by atoms with Gasteiger partial charge in [-0.2, -0.15) is 0 Å². The van der Waals surface area contributed by atoms with E-state index in [4.69, 9.17) is 5.73 Å². The smallest absolute Gasteiger partial charge is 0.248 e. The molecule has 1 aromatic carbocycles. The fraction of sp³-hybridized carbons (Fsp3) is 0.500. The van der Waals surface area contributed by atoms with Gasteiger partial charge in [0.1, 0.15) is 0 Å². The second kappa shape index (κ2) is 5.21. The highest BCUT2D eigenvalue weighted by atomic mass is 16.1. The highest BCUT2D eigenvalue weighted by Gasteiger charge is 2.25. The molecule has 3 nitrogen and oxygen atoms in total. The molecule has 0 aromatic heterocycles. The molecule has 0 heterocycles. The van der Waals surface area contributed by atoms with Crippen LogP contribution in [-0.4, -0.2) is 11.9 Å². The van der Waals surface area contributed by atoms with Crippen molar-refractivity contribution >= 4 is 11.6 Å². The summed E-state index contributed by atoms with van der Waals surface area (Å²) in [4.78, 5) is 11.1. The van der Waals surface area contributed by atoms with E-state index < -0.39 is 0 Å². The summed E-state index contributed by atoms with van der Waals surface area (Å²) in [5.74, 6) is 0.388. The van der Waals surface area contributed by atoms with Crippen molar-refractivity contribution in [2.24, 2.45) is 11.7 Å². The largest absolute Gasteiger partial charge is 0.382 e. The van der Waals surface area contributed by atoms with Crippen molar-refractivity contribution in [3.63, 3.8) is 0 Å². The van der Waals surface area contributed by atoms with Crippen LogP contribution in [0.1, 0.15) is 43.0 Å². The summed E-state index contributed by atoms with van der Waals surface area (Å²) in [5.41, 5.74) is 6.85. The van der Waals surface area contributed by atoms with E-state index >= 15 is 0 Å². The third kappa shape index (κ3) is 2.78. The lowest BCUT2D eigenvalue weighted by molar-refractivity contribution is 0.100. The highest BCUT2D eigenvalue weighted by molar-refractivity contribution is 5.93. The molecule has 1 aromatic rings. The van der Waals surface area contributed by atoms with Gasteiger partial charge in [-0.05, 0) is 37.0 Å². The van der Waals surface area contributed by atoms with Crippen LogP contribution in [0.2, 0.25) is 0 Å². The average molecular weight is 232 g/mol. The van der Waals surface area contributed by atoms with Gasteiger partial charge in [-0.3, -0.25) is 4.79 Å². The van der Waals surface area contributed by atoms with E-state index in [1.807, 2.05) is 18.2 Å². The Kier molecular flexibility index (Phi) is 3.67. The predicted molar refractivity (Wildman–Crippen MR) is 70.0 cm³/mol. The zero-order chi connectivity index (χ0) is 12.3. The molecule has 0 radical (unpaired) electrons. The molecular weight excluding hydrogens is 212 g/mol. The molecule has 0 saturated heterocycles. The molecule has 92 valence electrons. The van der Waals surface area contributed by atoms with Gasteiger partial charge >= 0.3 is 0 Å². The Balaban J connectivity index is 2.07. The van der Waals surface area contributed by atoms with Crippen LogP contribution in [0.5, 0.6) is 0 Å². The van der Waals surface area contributed by atoms with Crippen molar-refractivity contribution in [2.45, 2.75) is 38.6 Å². The van der Waals surface area contributed by atoms with E-state index in [0.717, 1.165) is 11.6 Å². The lowest BCUT2D eigenvalue weighted by Crippen LogP contribution is -2.23. The number of hydrogen-bond donors (Lipinski definition) is 2. The summed E-state index contributed by atoms with van der Waals surface area (Å²) in [6.45, 7) is 2.24. The van der Waals surface area contributed by atoms with Crippen molar-refractivity contribution < 1.29 is 4.79 Å². The number of hydrogen-bond acceptors (Lipinski definition) is 2. The molecule has 1 aliphatic rings. The number of carbonyl (C=O) groups is 1. The molecule has 0 spiro atoms. The van der Waals surface area contributed by atoms with Crippen LogP contribution < -0.4 is 11.1 Å². The number of amides is 1. The number of nitrogens with one attached hydrogen (secondary N) is 1. The minimum Gasteiger partial charge on any atom is -0.382 e. The molecule has 2 atom stereocenters. The Morgan fingerprint density at radius 3 is 3.00 bits per heavy atom. The Morgan fingerprint density at radius 2 is 2.29 bits per heavy atom. The molecule has 3 heteroatoms. The van der Waals surface area contributed by atoms with E-state index in [-0.39, 0.29) is 5.91 Å². The molecule has 1 fully saturated rings. The predicted octanol–water partition coefficient (Wildman–Crippen LogP) is 2.78. The first kappa shape index (κ1) is 12.0. The Labute approximate surface area is 102 Å². The van der Waals surface area contributed by atoms with Crippen LogP contribution >= 0.6 is 0 Å². The normalized spacial score (nSPS) is 23.6. The second-order valence-electron chi connectivity index (χ2n) is 4.80. The zero-order valence-electron chi connectivity index (χ0n) is 10.3. The van der Waals surface area contributed by atoms with Gasteiger partial charge in [0.2, 0.25) is 5.91 Å². The van der Waals surface area contributed by atoms with Gasteiger partial charge in [0, 0.05) is 17.3 Å². The molecule has 2 unspecified atom stereocenters. The van der Waals surface area contributed by atoms with Gasteiger partial charge in [0.05, 0.1) is 0 Å². The summed E-state index contributed by atoms with van der Waals surface area (Å²) in [6.07, 6.45) is 5.04. The van der Waals surface area contributed by atoms with E-state index in [9.17, 15) is 4.79 Å². The van der Waals surface area contributed by atoms with Crippen LogP contribution in [0.3, 0.4) is 0 Å². The molecule has 1 aliphatic carbocycles. The molecule has 0 aliphatic heterocycles. The fourth-order valence-corrected chi connectivity index (χ4v) is 2.69. The number of benzene rings is 1. The SMILES string of the molecule is CCC1CCCC1Nc1cccc(C(N)=O)c1. The van der Waals surface area contributed by atoms with E-state index in [0.29, 0.717) is 11.6 Å². The monoisotopic (exact) mass is 232 g/mol. The number of rotatable bonds is 4. The van der Waals surface area contributed by atoms with Crippen LogP contribution in [0.4, 0.5) is 5.69 Å². The van der Waals surface area contributed by atoms with Gasteiger partial charge in [0.15, 0.2) is 0 Å². The maximum Gasteiger partial charge on any atom is 0.248 e. The molecule has 1 amide bonds. The molecule has 3 N–H and O–H groups in total.